The monoisotopic (exact) mass is 450 g/mol. The van der Waals surface area contributed by atoms with Crippen molar-refractivity contribution in [3.63, 3.8) is 0 Å². The first-order chi connectivity index (χ1) is 15.5. The summed E-state index contributed by atoms with van der Waals surface area (Å²) in [5.41, 5.74) is 7.44. The fourth-order valence-corrected chi connectivity index (χ4v) is 3.85. The second-order valence-electron chi connectivity index (χ2n) is 8.96. The molecular formula is C27H34N2O4. The van der Waals surface area contributed by atoms with Crippen LogP contribution < -0.4 is 21.5 Å². The second kappa shape index (κ2) is 10.9. The number of phenolic OH excluding ortho intramolecular Hbond substituents is 1. The van der Waals surface area contributed by atoms with Gasteiger partial charge in [0.15, 0.2) is 0 Å². The van der Waals surface area contributed by atoms with Gasteiger partial charge in [-0.1, -0.05) is 52.0 Å². The van der Waals surface area contributed by atoms with Crippen molar-refractivity contribution in [2.24, 2.45) is 5.73 Å². The maximum Gasteiger partial charge on any atom is 0.335 e. The minimum atomic E-state index is -1.06. The number of nitrogens with one attached hydrogen (secondary N) is 1. The minimum Gasteiger partial charge on any atom is -0.507 e. The molecule has 0 spiro atoms. The Morgan fingerprint density at radius 3 is 2.42 bits per heavy atom. The lowest BCUT2D eigenvalue weighted by atomic mass is 9.81. The normalized spacial score (nSPS) is 14.0. The van der Waals surface area contributed by atoms with E-state index in [1.165, 1.54) is 18.3 Å². The summed E-state index contributed by atoms with van der Waals surface area (Å²) in [5.74, 6) is -1.20. The summed E-state index contributed by atoms with van der Waals surface area (Å²) >= 11 is 0. The van der Waals surface area contributed by atoms with E-state index in [0.717, 1.165) is 10.8 Å². The van der Waals surface area contributed by atoms with Crippen molar-refractivity contribution >= 4 is 24.0 Å². The fraction of sp³-hybridized carbons (Fsp3) is 0.333. The Morgan fingerprint density at radius 2 is 1.88 bits per heavy atom. The van der Waals surface area contributed by atoms with E-state index in [2.05, 4.69) is 26.1 Å². The number of allylic oxidation sites excluding steroid dienone is 1. The van der Waals surface area contributed by atoms with E-state index < -0.39 is 12.0 Å². The molecule has 0 saturated heterocycles. The van der Waals surface area contributed by atoms with Gasteiger partial charge in [0.1, 0.15) is 5.75 Å². The molecule has 0 saturated carbocycles. The van der Waals surface area contributed by atoms with Crippen LogP contribution in [-0.4, -0.2) is 22.1 Å². The van der Waals surface area contributed by atoms with Crippen LogP contribution in [0.4, 0.5) is 0 Å². The fourth-order valence-electron chi connectivity index (χ4n) is 3.85. The topological polar surface area (TPSA) is 113 Å². The molecular weight excluding hydrogens is 416 g/mol. The highest BCUT2D eigenvalue weighted by Gasteiger charge is 2.26. The maximum atomic E-state index is 12.6. The number of carboxylic acids is 1. The van der Waals surface area contributed by atoms with Gasteiger partial charge in [-0.2, -0.15) is 0 Å². The Labute approximate surface area is 195 Å². The maximum absolute atomic E-state index is 12.6. The van der Waals surface area contributed by atoms with E-state index in [-0.39, 0.29) is 22.6 Å². The van der Waals surface area contributed by atoms with Gasteiger partial charge in [0.2, 0.25) is 5.91 Å². The summed E-state index contributed by atoms with van der Waals surface area (Å²) in [4.78, 5) is 24.2. The Bertz CT molecular complexity index is 1170. The lowest BCUT2D eigenvalue weighted by molar-refractivity contribution is -0.121. The molecule has 33 heavy (non-hydrogen) atoms. The molecule has 0 radical (unpaired) electrons. The minimum absolute atomic E-state index is 0.0321. The van der Waals surface area contributed by atoms with Crippen molar-refractivity contribution in [1.82, 2.24) is 5.32 Å². The number of carbonyl (C=O) groups excluding carboxylic acids is 1. The number of nitrogens with two attached hydrogens (primary N) is 1. The third kappa shape index (κ3) is 6.04. The molecule has 2 aromatic carbocycles. The van der Waals surface area contributed by atoms with Crippen LogP contribution in [0.1, 0.15) is 80.6 Å². The van der Waals surface area contributed by atoms with E-state index in [4.69, 9.17) is 5.73 Å². The van der Waals surface area contributed by atoms with Crippen molar-refractivity contribution < 1.29 is 19.8 Å². The summed E-state index contributed by atoms with van der Waals surface area (Å²) in [7, 11) is 0. The van der Waals surface area contributed by atoms with Gasteiger partial charge in [0, 0.05) is 17.2 Å². The first-order valence-electron chi connectivity index (χ1n) is 11.1. The Kier molecular flexibility index (Phi) is 8.46. The molecule has 2 aromatic rings. The Hall–Kier alpha value is -3.54. The van der Waals surface area contributed by atoms with Gasteiger partial charge in [-0.25, -0.2) is 4.79 Å². The molecule has 176 valence electrons. The molecule has 5 N–H and O–H groups in total. The van der Waals surface area contributed by atoms with E-state index in [1.807, 2.05) is 32.1 Å². The summed E-state index contributed by atoms with van der Waals surface area (Å²) in [6.45, 7) is 9.96. The first kappa shape index (κ1) is 25.7. The standard InChI is InChI=1S/C27H34N2O4/c1-6-10-23(30)29-24(17-11-8-12-18(15-17)26(32)33)21-16-22(27(3,4)5)20(13-9-14-28)19(7-2)25(21)31/h7-9,11-16,24,31H,6,10,28H2,1-5H3,(H,29,30)(H,32,33)/b14-9-,19-7+,20-13+. The molecule has 0 aliphatic carbocycles. The van der Waals surface area contributed by atoms with Gasteiger partial charge < -0.3 is 21.3 Å². The van der Waals surface area contributed by atoms with Crippen molar-refractivity contribution in [3.05, 3.63) is 75.3 Å². The van der Waals surface area contributed by atoms with Crippen LogP contribution in [0.15, 0.2) is 42.6 Å². The first-order valence-corrected chi connectivity index (χ1v) is 11.1. The Balaban J connectivity index is 2.92. The van der Waals surface area contributed by atoms with Crippen LogP contribution in [0.3, 0.4) is 0 Å². The molecule has 2 rings (SSSR count). The van der Waals surface area contributed by atoms with E-state index >= 15 is 0 Å². The Morgan fingerprint density at radius 1 is 1.18 bits per heavy atom. The lowest BCUT2D eigenvalue weighted by Gasteiger charge is -2.26. The average molecular weight is 451 g/mol. The van der Waals surface area contributed by atoms with Crippen LogP contribution in [0.5, 0.6) is 5.75 Å². The third-order valence-corrected chi connectivity index (χ3v) is 5.44. The molecule has 0 aliphatic heterocycles. The van der Waals surface area contributed by atoms with Crippen molar-refractivity contribution in [2.75, 3.05) is 0 Å². The number of carbonyl (C=O) groups is 2. The number of aromatic carboxylic acids is 1. The molecule has 1 amide bonds. The van der Waals surface area contributed by atoms with Crippen LogP contribution in [-0.2, 0) is 10.2 Å². The summed E-state index contributed by atoms with van der Waals surface area (Å²) in [6, 6.07) is 7.60. The zero-order valence-electron chi connectivity index (χ0n) is 20.0. The second-order valence-corrected chi connectivity index (χ2v) is 8.96. The largest absolute Gasteiger partial charge is 0.507 e. The number of phenols is 1. The SMILES string of the molecule is C/C=c1/c(O)c(C(NC(=O)CCC)c2cccc(C(=O)O)c2)cc(C(C)(C)C)/c1=C/C=C\N. The van der Waals surface area contributed by atoms with Gasteiger partial charge in [-0.3, -0.25) is 4.79 Å². The third-order valence-electron chi connectivity index (χ3n) is 5.44. The molecule has 1 unspecified atom stereocenters. The molecule has 0 aliphatic rings. The van der Waals surface area contributed by atoms with Crippen molar-refractivity contribution in [2.45, 2.75) is 58.9 Å². The molecule has 6 nitrogen and oxygen atoms in total. The zero-order valence-corrected chi connectivity index (χ0v) is 20.0. The molecule has 0 bridgehead atoms. The molecule has 1 atom stereocenters. The predicted octanol–water partition coefficient (Wildman–Crippen LogP) is 3.45. The van der Waals surface area contributed by atoms with Crippen molar-refractivity contribution in [1.29, 1.82) is 0 Å². The number of hydrogen-bond acceptors (Lipinski definition) is 4. The van der Waals surface area contributed by atoms with Gasteiger partial charge in [0.05, 0.1) is 11.6 Å². The lowest BCUT2D eigenvalue weighted by Crippen LogP contribution is -2.37. The predicted molar refractivity (Wildman–Crippen MR) is 132 cm³/mol. The number of benzene rings is 2. The molecule has 0 fully saturated rings. The molecule has 0 aromatic heterocycles. The number of hydrogen-bond donors (Lipinski definition) is 4. The average Bonchev–Trinajstić information content (AvgIpc) is 2.75. The van der Waals surface area contributed by atoms with Gasteiger partial charge >= 0.3 is 5.97 Å². The van der Waals surface area contributed by atoms with Crippen LogP contribution in [0.2, 0.25) is 0 Å². The van der Waals surface area contributed by atoms with Crippen molar-refractivity contribution in [3.8, 4) is 5.75 Å². The highest BCUT2D eigenvalue weighted by Crippen LogP contribution is 2.31. The quantitative estimate of drug-likeness (QED) is 0.516. The van der Waals surface area contributed by atoms with Crippen LogP contribution >= 0.6 is 0 Å². The number of rotatable bonds is 7. The van der Waals surface area contributed by atoms with Gasteiger partial charge in [0.25, 0.3) is 0 Å². The number of carboxylic acid groups (broad SMARTS) is 1. The van der Waals surface area contributed by atoms with Crippen LogP contribution in [0, 0.1) is 0 Å². The van der Waals surface area contributed by atoms with Gasteiger partial charge in [-0.05, 0) is 65.6 Å². The smallest absolute Gasteiger partial charge is 0.335 e. The van der Waals surface area contributed by atoms with E-state index in [0.29, 0.717) is 29.2 Å². The molecule has 6 heteroatoms. The number of aromatic hydroxyl groups is 1. The zero-order chi connectivity index (χ0) is 24.8. The summed E-state index contributed by atoms with van der Waals surface area (Å²) in [6.07, 6.45) is 7.82. The highest BCUT2D eigenvalue weighted by molar-refractivity contribution is 5.88. The summed E-state index contributed by atoms with van der Waals surface area (Å²) < 4.78 is 0. The number of amides is 1. The molecule has 0 heterocycles. The van der Waals surface area contributed by atoms with Gasteiger partial charge in [-0.15, -0.1) is 0 Å². The summed E-state index contributed by atoms with van der Waals surface area (Å²) in [5, 5.41) is 25.3. The van der Waals surface area contributed by atoms with E-state index in [1.54, 1.807) is 18.2 Å². The highest BCUT2D eigenvalue weighted by atomic mass is 16.4. The van der Waals surface area contributed by atoms with E-state index in [9.17, 15) is 19.8 Å². The van der Waals surface area contributed by atoms with Crippen LogP contribution in [0.25, 0.3) is 12.2 Å².